The third kappa shape index (κ3) is 4.62. The van der Waals surface area contributed by atoms with E-state index in [1.165, 1.54) is 77.2 Å². The number of fused-ring (bicyclic) bond motifs is 9. The molecule has 2 nitrogen and oxygen atoms in total. The third-order valence-corrected chi connectivity index (χ3v) is 12.7. The molecule has 2 heteroatoms. The Balaban J connectivity index is 1.14. The van der Waals surface area contributed by atoms with Gasteiger partial charge < -0.3 is 0 Å². The number of rotatable bonds is 4. The molecule has 266 valence electrons. The monoisotopic (exact) mass is 716 g/mol. The maximum atomic E-state index is 5.35. The summed E-state index contributed by atoms with van der Waals surface area (Å²) in [6.45, 7) is 9.43. The molecule has 0 radical (unpaired) electrons. The van der Waals surface area contributed by atoms with Crippen molar-refractivity contribution >= 4 is 21.5 Å². The third-order valence-electron chi connectivity index (χ3n) is 12.7. The minimum atomic E-state index is -0.177. The van der Waals surface area contributed by atoms with Crippen molar-refractivity contribution in [1.82, 2.24) is 9.97 Å². The first-order chi connectivity index (χ1) is 27.3. The van der Waals surface area contributed by atoms with E-state index in [4.69, 9.17) is 9.97 Å². The summed E-state index contributed by atoms with van der Waals surface area (Å²) in [5.41, 5.74) is 18.0. The number of aromatic nitrogens is 2. The summed E-state index contributed by atoms with van der Waals surface area (Å²) in [6.07, 6.45) is 0. The van der Waals surface area contributed by atoms with Gasteiger partial charge in [-0.3, -0.25) is 0 Å². The molecule has 0 aliphatic heterocycles. The van der Waals surface area contributed by atoms with Crippen LogP contribution in [0.3, 0.4) is 0 Å². The number of nitrogens with zero attached hydrogens (tertiary/aromatic N) is 2. The van der Waals surface area contributed by atoms with Crippen LogP contribution in [0, 0.1) is 0 Å². The van der Waals surface area contributed by atoms with Crippen LogP contribution in [-0.2, 0) is 10.8 Å². The minimum absolute atomic E-state index is 0.112. The standard InChI is InChI=1S/C54H40N2/c1-53(2)45-27-15-23-41(50(45)49-35-19-9-8-16-33(35)28-31-46(49)53)38-29-30-40(37-21-11-10-20-36(37)38)47-32-48(56-52(55-47)34-17-6-5-7-18-34)43-25-14-24-42-39-22-12-13-26-44(39)54(3,4)51(42)43/h5-32H,1-4H3. The van der Waals surface area contributed by atoms with Crippen molar-refractivity contribution in [3.8, 4) is 67.3 Å². The highest BCUT2D eigenvalue weighted by atomic mass is 14.9. The molecule has 9 aromatic rings. The fraction of sp³-hybridized carbons (Fsp3) is 0.111. The Morgan fingerprint density at radius 3 is 1.75 bits per heavy atom. The average molecular weight is 717 g/mol. The number of benzene rings is 8. The van der Waals surface area contributed by atoms with E-state index in [1.807, 2.05) is 6.07 Å². The van der Waals surface area contributed by atoms with Gasteiger partial charge in [-0.05, 0) is 83.2 Å². The van der Waals surface area contributed by atoms with Crippen LogP contribution in [0.15, 0.2) is 170 Å². The molecule has 1 heterocycles. The smallest absolute Gasteiger partial charge is 0.160 e. The second-order valence-corrected chi connectivity index (χ2v) is 16.5. The zero-order valence-corrected chi connectivity index (χ0v) is 32.1. The van der Waals surface area contributed by atoms with Crippen molar-refractivity contribution in [2.75, 3.05) is 0 Å². The summed E-state index contributed by atoms with van der Waals surface area (Å²) in [7, 11) is 0. The summed E-state index contributed by atoms with van der Waals surface area (Å²) in [5.74, 6) is 0.726. The lowest BCUT2D eigenvalue weighted by Gasteiger charge is -2.24. The molecule has 0 fully saturated rings. The van der Waals surface area contributed by atoms with Crippen molar-refractivity contribution in [3.63, 3.8) is 0 Å². The molecule has 2 aliphatic carbocycles. The zero-order valence-electron chi connectivity index (χ0n) is 32.1. The molecule has 1 aromatic heterocycles. The first-order valence-electron chi connectivity index (χ1n) is 19.7. The van der Waals surface area contributed by atoms with Crippen LogP contribution >= 0.6 is 0 Å². The van der Waals surface area contributed by atoms with Crippen molar-refractivity contribution in [2.24, 2.45) is 0 Å². The molecule has 0 N–H and O–H groups in total. The van der Waals surface area contributed by atoms with Crippen molar-refractivity contribution in [1.29, 1.82) is 0 Å². The van der Waals surface area contributed by atoms with Gasteiger partial charge in [-0.25, -0.2) is 9.97 Å². The van der Waals surface area contributed by atoms with Crippen LogP contribution in [0.2, 0.25) is 0 Å². The van der Waals surface area contributed by atoms with Crippen molar-refractivity contribution < 1.29 is 0 Å². The molecule has 0 saturated carbocycles. The largest absolute Gasteiger partial charge is 0.228 e. The molecule has 2 aliphatic rings. The highest BCUT2D eigenvalue weighted by Gasteiger charge is 2.39. The van der Waals surface area contributed by atoms with E-state index >= 15 is 0 Å². The Morgan fingerprint density at radius 2 is 0.929 bits per heavy atom. The van der Waals surface area contributed by atoms with E-state index in [9.17, 15) is 0 Å². The number of hydrogen-bond donors (Lipinski definition) is 0. The topological polar surface area (TPSA) is 25.8 Å². The Kier molecular flexibility index (Phi) is 6.98. The van der Waals surface area contributed by atoms with Crippen molar-refractivity contribution in [2.45, 2.75) is 38.5 Å². The molecule has 56 heavy (non-hydrogen) atoms. The van der Waals surface area contributed by atoms with E-state index in [0.717, 1.165) is 33.9 Å². The summed E-state index contributed by atoms with van der Waals surface area (Å²) >= 11 is 0. The molecular formula is C54H40N2. The van der Waals surface area contributed by atoms with E-state index in [1.54, 1.807) is 0 Å². The fourth-order valence-corrected chi connectivity index (χ4v) is 10.0. The van der Waals surface area contributed by atoms with E-state index in [2.05, 4.69) is 191 Å². The molecule has 0 amide bonds. The van der Waals surface area contributed by atoms with Crippen LogP contribution in [-0.4, -0.2) is 9.97 Å². The number of hydrogen-bond acceptors (Lipinski definition) is 2. The van der Waals surface area contributed by atoms with E-state index in [0.29, 0.717) is 0 Å². The van der Waals surface area contributed by atoms with Gasteiger partial charge in [0.1, 0.15) is 0 Å². The molecule has 11 rings (SSSR count). The molecule has 0 spiro atoms. The lowest BCUT2D eigenvalue weighted by molar-refractivity contribution is 0.661. The van der Waals surface area contributed by atoms with Crippen LogP contribution < -0.4 is 0 Å². The van der Waals surface area contributed by atoms with Crippen LogP contribution in [0.25, 0.3) is 88.8 Å². The van der Waals surface area contributed by atoms with Crippen LogP contribution in [0.5, 0.6) is 0 Å². The van der Waals surface area contributed by atoms with Gasteiger partial charge in [0.2, 0.25) is 0 Å². The zero-order chi connectivity index (χ0) is 37.8. The predicted octanol–water partition coefficient (Wildman–Crippen LogP) is 14.1. The van der Waals surface area contributed by atoms with Gasteiger partial charge in [-0.15, -0.1) is 0 Å². The SMILES string of the molecule is CC1(C)c2cccc(-c3ccc(-c4cc(-c5cccc6c5C(C)(C)c5ccccc5-6)nc(-c5ccccc5)n4)c4ccccc34)c2-c2c1ccc1ccccc21. The predicted molar refractivity (Wildman–Crippen MR) is 234 cm³/mol. The fourth-order valence-electron chi connectivity index (χ4n) is 10.0. The first-order valence-corrected chi connectivity index (χ1v) is 19.7. The van der Waals surface area contributed by atoms with Gasteiger partial charge in [-0.2, -0.15) is 0 Å². The molecule has 0 bridgehead atoms. The lowest BCUT2D eigenvalue weighted by Crippen LogP contribution is -2.16. The summed E-state index contributed by atoms with van der Waals surface area (Å²) in [5, 5.41) is 4.97. The lowest BCUT2D eigenvalue weighted by atomic mass is 9.79. The molecular weight excluding hydrogens is 677 g/mol. The quantitative estimate of drug-likeness (QED) is 0.181. The summed E-state index contributed by atoms with van der Waals surface area (Å²) in [6, 6.07) is 62.0. The van der Waals surface area contributed by atoms with E-state index in [-0.39, 0.29) is 10.8 Å². The van der Waals surface area contributed by atoms with Crippen LogP contribution in [0.4, 0.5) is 0 Å². The van der Waals surface area contributed by atoms with Gasteiger partial charge in [0.05, 0.1) is 11.4 Å². The Labute approximate surface area is 328 Å². The minimum Gasteiger partial charge on any atom is -0.228 e. The second-order valence-electron chi connectivity index (χ2n) is 16.5. The molecule has 0 atom stereocenters. The van der Waals surface area contributed by atoms with Gasteiger partial charge in [0.25, 0.3) is 0 Å². The van der Waals surface area contributed by atoms with Crippen LogP contribution in [0.1, 0.15) is 49.9 Å². The highest BCUT2D eigenvalue weighted by Crippen LogP contribution is 2.56. The molecule has 0 saturated heterocycles. The summed E-state index contributed by atoms with van der Waals surface area (Å²) in [4.78, 5) is 10.7. The van der Waals surface area contributed by atoms with Crippen molar-refractivity contribution in [3.05, 3.63) is 192 Å². The second kappa shape index (κ2) is 11.9. The summed E-state index contributed by atoms with van der Waals surface area (Å²) < 4.78 is 0. The maximum Gasteiger partial charge on any atom is 0.160 e. The van der Waals surface area contributed by atoms with Gasteiger partial charge >= 0.3 is 0 Å². The first kappa shape index (κ1) is 32.8. The Bertz CT molecular complexity index is 3080. The Morgan fingerprint density at radius 1 is 0.357 bits per heavy atom. The van der Waals surface area contributed by atoms with Gasteiger partial charge in [-0.1, -0.05) is 191 Å². The normalized spacial score (nSPS) is 14.4. The Hall–Kier alpha value is -6.64. The van der Waals surface area contributed by atoms with E-state index < -0.39 is 0 Å². The molecule has 0 unspecified atom stereocenters. The van der Waals surface area contributed by atoms with Gasteiger partial charge in [0.15, 0.2) is 5.82 Å². The highest BCUT2D eigenvalue weighted by molar-refractivity contribution is 6.11. The maximum absolute atomic E-state index is 5.35. The molecule has 8 aromatic carbocycles. The van der Waals surface area contributed by atoms with Gasteiger partial charge in [0, 0.05) is 27.5 Å². The average Bonchev–Trinajstić information content (AvgIpc) is 3.63.